The van der Waals surface area contributed by atoms with Crippen LogP contribution in [0.4, 0.5) is 8.78 Å². The zero-order chi connectivity index (χ0) is 19.8. The summed E-state index contributed by atoms with van der Waals surface area (Å²) in [5, 5.41) is 0. The summed E-state index contributed by atoms with van der Waals surface area (Å²) >= 11 is 3.16. The smallest absolute Gasteiger partial charge is 0.255 e. The molecule has 2 saturated heterocycles. The number of hydrogen-bond donors (Lipinski definition) is 0. The Morgan fingerprint density at radius 3 is 2.86 bits per heavy atom. The fourth-order valence-corrected chi connectivity index (χ4v) is 4.83. The van der Waals surface area contributed by atoms with Gasteiger partial charge in [0.15, 0.2) is 0 Å². The number of carbonyl (C=O) groups is 1. The number of alkyl halides is 1. The largest absolute Gasteiger partial charge is 0.472 e. The van der Waals surface area contributed by atoms with Gasteiger partial charge in [-0.05, 0) is 65.7 Å². The van der Waals surface area contributed by atoms with Crippen LogP contribution in [0.3, 0.4) is 0 Å². The second-order valence-electron chi connectivity index (χ2n) is 7.51. The summed E-state index contributed by atoms with van der Waals surface area (Å²) in [7, 11) is 0. The van der Waals surface area contributed by atoms with Crippen molar-refractivity contribution in [1.29, 1.82) is 0 Å². The van der Waals surface area contributed by atoms with E-state index in [9.17, 15) is 13.6 Å². The molecule has 0 N–H and O–H groups in total. The van der Waals surface area contributed by atoms with Gasteiger partial charge in [-0.1, -0.05) is 12.1 Å². The van der Waals surface area contributed by atoms with E-state index in [4.69, 9.17) is 4.74 Å². The van der Waals surface area contributed by atoms with Gasteiger partial charge in [-0.15, -0.1) is 0 Å². The van der Waals surface area contributed by atoms with Crippen molar-refractivity contribution in [2.45, 2.75) is 44.4 Å². The van der Waals surface area contributed by atoms with E-state index in [1.807, 2.05) is 13.0 Å². The van der Waals surface area contributed by atoms with Crippen molar-refractivity contribution < 1.29 is 18.3 Å². The number of benzene rings is 1. The average Bonchev–Trinajstić information content (AvgIpc) is 2.71. The lowest BCUT2D eigenvalue weighted by atomic mass is 9.73. The Hall–Kier alpha value is -2.02. The molecule has 5 rings (SSSR count). The normalized spacial score (nSPS) is 26.4. The van der Waals surface area contributed by atoms with E-state index in [1.54, 1.807) is 23.2 Å². The molecule has 4 atom stereocenters. The van der Waals surface area contributed by atoms with Gasteiger partial charge in [-0.3, -0.25) is 4.79 Å². The number of fused-ring (bicyclic) bond motifs is 3. The monoisotopic (exact) mass is 450 g/mol. The zero-order valence-corrected chi connectivity index (χ0v) is 17.0. The quantitative estimate of drug-likeness (QED) is 0.677. The molecule has 7 heteroatoms. The van der Waals surface area contributed by atoms with Crippen molar-refractivity contribution in [3.8, 4) is 5.88 Å². The summed E-state index contributed by atoms with van der Waals surface area (Å²) in [4.78, 5) is 19.1. The third kappa shape index (κ3) is 3.41. The lowest BCUT2D eigenvalue weighted by molar-refractivity contribution is -0.0704. The first kappa shape index (κ1) is 19.3. The second-order valence-corrected chi connectivity index (χ2v) is 8.30. The van der Waals surface area contributed by atoms with Gasteiger partial charge in [-0.2, -0.15) is 0 Å². The maximum atomic E-state index is 13.9. The van der Waals surface area contributed by atoms with Crippen LogP contribution in [0.25, 0.3) is 0 Å². The van der Waals surface area contributed by atoms with E-state index in [2.05, 4.69) is 20.9 Å². The summed E-state index contributed by atoms with van der Waals surface area (Å²) < 4.78 is 34.1. The predicted octanol–water partition coefficient (Wildman–Crippen LogP) is 4.70. The first-order valence-corrected chi connectivity index (χ1v) is 10.2. The van der Waals surface area contributed by atoms with Crippen LogP contribution in [0.5, 0.6) is 5.88 Å². The van der Waals surface area contributed by atoms with E-state index in [-0.39, 0.29) is 34.0 Å². The molecule has 3 fully saturated rings. The number of piperidine rings is 2. The number of pyridine rings is 1. The summed E-state index contributed by atoms with van der Waals surface area (Å²) in [5.74, 6) is -0.364. The van der Waals surface area contributed by atoms with Crippen molar-refractivity contribution in [3.63, 3.8) is 0 Å². The number of halogens is 3. The average molecular weight is 451 g/mol. The van der Waals surface area contributed by atoms with Gasteiger partial charge in [0.25, 0.3) is 5.91 Å². The first-order chi connectivity index (χ1) is 13.5. The van der Waals surface area contributed by atoms with Gasteiger partial charge in [0.05, 0.1) is 22.1 Å². The van der Waals surface area contributed by atoms with Crippen LogP contribution in [-0.4, -0.2) is 40.7 Å². The minimum atomic E-state index is -0.616. The topological polar surface area (TPSA) is 42.4 Å². The van der Waals surface area contributed by atoms with E-state index in [0.29, 0.717) is 12.3 Å². The molecule has 3 heterocycles. The number of hydrogen-bond acceptors (Lipinski definition) is 3. The van der Waals surface area contributed by atoms with Crippen LogP contribution in [0.1, 0.15) is 35.2 Å². The third-order valence-corrected chi connectivity index (χ3v) is 6.59. The van der Waals surface area contributed by atoms with Gasteiger partial charge >= 0.3 is 0 Å². The Morgan fingerprint density at radius 1 is 1.32 bits per heavy atom. The number of aromatic nitrogens is 1. The molecule has 3 aliphatic rings. The lowest BCUT2D eigenvalue weighted by Crippen LogP contribution is -2.64. The molecule has 2 aromatic rings. The summed E-state index contributed by atoms with van der Waals surface area (Å²) in [6.45, 7) is 1.33. The summed E-state index contributed by atoms with van der Waals surface area (Å²) in [6.07, 6.45) is 3.74. The van der Waals surface area contributed by atoms with E-state index in [1.165, 1.54) is 12.1 Å². The molecule has 0 radical (unpaired) electrons. The van der Waals surface area contributed by atoms with Crippen molar-refractivity contribution in [2.75, 3.05) is 6.67 Å². The van der Waals surface area contributed by atoms with Gasteiger partial charge in [0, 0.05) is 12.3 Å². The fourth-order valence-electron chi connectivity index (χ4n) is 4.40. The number of carbonyl (C=O) groups excluding carboxylic acids is 1. The zero-order valence-electron chi connectivity index (χ0n) is 15.4. The van der Waals surface area contributed by atoms with Gasteiger partial charge in [0.2, 0.25) is 5.88 Å². The Morgan fingerprint density at radius 2 is 2.14 bits per heavy atom. The van der Waals surface area contributed by atoms with Crippen molar-refractivity contribution in [2.24, 2.45) is 5.92 Å². The second kappa shape index (κ2) is 7.78. The number of nitrogens with zero attached hydrogens (tertiary/aromatic N) is 2. The molecule has 1 amide bonds. The van der Waals surface area contributed by atoms with Crippen LogP contribution in [0, 0.1) is 18.7 Å². The first-order valence-electron chi connectivity index (χ1n) is 9.41. The summed E-state index contributed by atoms with van der Waals surface area (Å²) in [5.41, 5.74) is 1.24. The minimum Gasteiger partial charge on any atom is -0.472 e. The molecular formula is C21H21BrF2N2O2. The van der Waals surface area contributed by atoms with E-state index in [0.717, 1.165) is 18.4 Å². The van der Waals surface area contributed by atoms with Gasteiger partial charge in [0.1, 0.15) is 18.6 Å². The number of ether oxygens (including phenoxy) is 1. The highest BCUT2D eigenvalue weighted by Crippen LogP contribution is 2.42. The van der Waals surface area contributed by atoms with E-state index < -0.39 is 18.5 Å². The highest BCUT2D eigenvalue weighted by Gasteiger charge is 2.50. The molecule has 2 bridgehead atoms. The highest BCUT2D eigenvalue weighted by atomic mass is 79.9. The molecule has 1 aliphatic carbocycles. The molecule has 4 unspecified atom stereocenters. The lowest BCUT2D eigenvalue weighted by Gasteiger charge is -2.53. The molecular weight excluding hydrogens is 430 g/mol. The maximum absolute atomic E-state index is 13.9. The highest BCUT2D eigenvalue weighted by molar-refractivity contribution is 9.10. The maximum Gasteiger partial charge on any atom is 0.255 e. The van der Waals surface area contributed by atoms with Gasteiger partial charge in [-0.25, -0.2) is 13.8 Å². The Kier molecular flexibility index (Phi) is 5.36. The molecule has 1 aromatic heterocycles. The van der Waals surface area contributed by atoms with Crippen molar-refractivity contribution in [3.05, 3.63) is 57.9 Å². The van der Waals surface area contributed by atoms with Crippen LogP contribution in [-0.2, 0) is 0 Å². The van der Waals surface area contributed by atoms with Crippen molar-refractivity contribution in [1.82, 2.24) is 9.88 Å². The fraction of sp³-hybridized carbons (Fsp3) is 0.429. The Balaban J connectivity index is 1.63. The van der Waals surface area contributed by atoms with Crippen LogP contribution in [0.2, 0.25) is 0 Å². The van der Waals surface area contributed by atoms with Gasteiger partial charge < -0.3 is 9.64 Å². The predicted molar refractivity (Wildman–Crippen MR) is 105 cm³/mol. The molecule has 0 spiro atoms. The molecule has 28 heavy (non-hydrogen) atoms. The standard InChI is InChI=1S/C21H21BrF2N2O2/c1-12-5-8-19(25-11-12)28-18-9-13-6-7-16(18)26(17(13)10-23)21(27)14-3-2-4-15(24)20(14)22/h2-5,8,11,13,16-18H,6-7,9-10H2,1H3. The Bertz CT molecular complexity index is 877. The molecule has 1 aromatic carbocycles. The SMILES string of the molecule is Cc1ccc(OC2CC3CCC2N(C(=O)c2cccc(F)c2Br)C3CF)nc1. The van der Waals surface area contributed by atoms with Crippen LogP contribution < -0.4 is 4.74 Å². The van der Waals surface area contributed by atoms with Crippen LogP contribution in [0.15, 0.2) is 41.0 Å². The van der Waals surface area contributed by atoms with E-state index >= 15 is 0 Å². The number of rotatable bonds is 4. The Labute approximate surface area is 171 Å². The number of aryl methyl sites for hydroxylation is 1. The van der Waals surface area contributed by atoms with Crippen LogP contribution >= 0.6 is 15.9 Å². The number of amides is 1. The molecule has 4 nitrogen and oxygen atoms in total. The minimum absolute atomic E-state index is 0.0155. The molecule has 1 saturated carbocycles. The molecule has 2 aliphatic heterocycles. The molecule has 148 valence electrons. The third-order valence-electron chi connectivity index (χ3n) is 5.79. The van der Waals surface area contributed by atoms with Crippen molar-refractivity contribution >= 4 is 21.8 Å². The summed E-state index contributed by atoms with van der Waals surface area (Å²) in [6, 6.07) is 7.28.